The summed E-state index contributed by atoms with van der Waals surface area (Å²) < 4.78 is 0. The Kier molecular flexibility index (Phi) is 3.64. The van der Waals surface area contributed by atoms with Crippen molar-refractivity contribution in [2.45, 2.75) is 10.8 Å². The Bertz CT molecular complexity index is 476. The molecule has 0 bridgehead atoms. The number of hydrogen-bond donors (Lipinski definition) is 1. The van der Waals surface area contributed by atoms with Gasteiger partial charge in [0, 0.05) is 22.7 Å². The lowest BCUT2D eigenvalue weighted by atomic mass is 10.2. The molecule has 1 aromatic carbocycles. The van der Waals surface area contributed by atoms with Crippen molar-refractivity contribution in [2.24, 2.45) is 0 Å². The topological polar surface area (TPSA) is 51.8 Å². The predicted molar refractivity (Wildman–Crippen MR) is 67.5 cm³/mol. The second-order valence-corrected chi connectivity index (χ2v) is 4.59. The standard InChI is InChI=1S/C11H10ClN3S/c12-10-5-9(13)2-1-8(10)6-16-11-3-4-14-7-15-11/h1-5,7H,6,13H2. The van der Waals surface area contributed by atoms with Gasteiger partial charge in [-0.3, -0.25) is 0 Å². The number of rotatable bonds is 3. The zero-order valence-corrected chi connectivity index (χ0v) is 10.0. The van der Waals surface area contributed by atoms with E-state index in [1.54, 1.807) is 24.0 Å². The lowest BCUT2D eigenvalue weighted by Gasteiger charge is -2.04. The molecule has 0 fully saturated rings. The van der Waals surface area contributed by atoms with Gasteiger partial charge in [0.25, 0.3) is 0 Å². The average molecular weight is 252 g/mol. The molecular formula is C11H10ClN3S. The van der Waals surface area contributed by atoms with Crippen molar-refractivity contribution < 1.29 is 0 Å². The van der Waals surface area contributed by atoms with Crippen LogP contribution in [0.2, 0.25) is 5.02 Å². The maximum atomic E-state index is 6.07. The molecule has 16 heavy (non-hydrogen) atoms. The first-order valence-corrected chi connectivity index (χ1v) is 6.05. The number of thioether (sulfide) groups is 1. The first-order chi connectivity index (χ1) is 7.75. The van der Waals surface area contributed by atoms with Crippen molar-refractivity contribution in [3.8, 4) is 0 Å². The van der Waals surface area contributed by atoms with E-state index in [2.05, 4.69) is 9.97 Å². The molecule has 1 aromatic heterocycles. The summed E-state index contributed by atoms with van der Waals surface area (Å²) in [5.74, 6) is 0.774. The zero-order chi connectivity index (χ0) is 11.4. The van der Waals surface area contributed by atoms with Crippen molar-refractivity contribution in [1.29, 1.82) is 0 Å². The number of nitrogen functional groups attached to an aromatic ring is 1. The lowest BCUT2D eigenvalue weighted by Crippen LogP contribution is -1.88. The minimum Gasteiger partial charge on any atom is -0.399 e. The second-order valence-electron chi connectivity index (χ2n) is 3.19. The average Bonchev–Trinajstić information content (AvgIpc) is 2.29. The summed E-state index contributed by atoms with van der Waals surface area (Å²) in [6, 6.07) is 7.42. The van der Waals surface area contributed by atoms with E-state index in [1.807, 2.05) is 18.2 Å². The summed E-state index contributed by atoms with van der Waals surface area (Å²) in [6.07, 6.45) is 3.26. The molecule has 0 aliphatic rings. The molecule has 82 valence electrons. The second kappa shape index (κ2) is 5.18. The summed E-state index contributed by atoms with van der Waals surface area (Å²) in [5.41, 5.74) is 7.36. The monoisotopic (exact) mass is 251 g/mol. The maximum Gasteiger partial charge on any atom is 0.116 e. The van der Waals surface area contributed by atoms with E-state index >= 15 is 0 Å². The summed E-state index contributed by atoms with van der Waals surface area (Å²) in [5, 5.41) is 1.63. The molecule has 5 heteroatoms. The van der Waals surface area contributed by atoms with Crippen LogP contribution in [-0.2, 0) is 5.75 Å². The SMILES string of the molecule is Nc1ccc(CSc2ccncn2)c(Cl)c1. The van der Waals surface area contributed by atoms with Crippen molar-refractivity contribution in [3.63, 3.8) is 0 Å². The van der Waals surface area contributed by atoms with Crippen LogP contribution in [0.15, 0.2) is 41.8 Å². The minimum absolute atomic E-state index is 0.681. The highest BCUT2D eigenvalue weighted by molar-refractivity contribution is 7.98. The Hall–Kier alpha value is -1.26. The molecule has 0 amide bonds. The van der Waals surface area contributed by atoms with Gasteiger partial charge >= 0.3 is 0 Å². The van der Waals surface area contributed by atoms with Gasteiger partial charge in [-0.15, -0.1) is 11.8 Å². The first kappa shape index (κ1) is 11.2. The molecule has 0 unspecified atom stereocenters. The molecule has 1 heterocycles. The molecule has 2 rings (SSSR count). The van der Waals surface area contributed by atoms with Crippen LogP contribution in [-0.4, -0.2) is 9.97 Å². The van der Waals surface area contributed by atoms with Crippen LogP contribution in [0.5, 0.6) is 0 Å². The van der Waals surface area contributed by atoms with Crippen LogP contribution in [0, 0.1) is 0 Å². The fourth-order valence-corrected chi connectivity index (χ4v) is 2.37. The molecule has 0 spiro atoms. The number of nitrogens with zero attached hydrogens (tertiary/aromatic N) is 2. The first-order valence-electron chi connectivity index (χ1n) is 4.68. The van der Waals surface area contributed by atoms with Crippen molar-refractivity contribution in [2.75, 3.05) is 5.73 Å². The number of anilines is 1. The minimum atomic E-state index is 0.681. The van der Waals surface area contributed by atoms with Gasteiger partial charge in [-0.1, -0.05) is 17.7 Å². The van der Waals surface area contributed by atoms with E-state index in [1.165, 1.54) is 6.33 Å². The van der Waals surface area contributed by atoms with E-state index in [9.17, 15) is 0 Å². The molecule has 3 nitrogen and oxygen atoms in total. The number of halogens is 1. The summed E-state index contributed by atoms with van der Waals surface area (Å²) >= 11 is 7.69. The Balaban J connectivity index is 2.05. The van der Waals surface area contributed by atoms with Crippen LogP contribution < -0.4 is 5.73 Å². The number of benzene rings is 1. The third kappa shape index (κ3) is 2.87. The van der Waals surface area contributed by atoms with Gasteiger partial charge < -0.3 is 5.73 Å². The van der Waals surface area contributed by atoms with E-state index < -0.39 is 0 Å². The molecule has 0 aliphatic heterocycles. The molecule has 0 saturated heterocycles. The molecule has 0 saturated carbocycles. The van der Waals surface area contributed by atoms with Gasteiger partial charge in [-0.05, 0) is 23.8 Å². The third-order valence-electron chi connectivity index (χ3n) is 2.01. The smallest absolute Gasteiger partial charge is 0.116 e. The molecule has 2 N–H and O–H groups in total. The van der Waals surface area contributed by atoms with Crippen molar-refractivity contribution in [3.05, 3.63) is 47.4 Å². The molecule has 2 aromatic rings. The van der Waals surface area contributed by atoms with Gasteiger partial charge in [0.05, 0.1) is 5.03 Å². The number of nitrogens with two attached hydrogens (primary N) is 1. The summed E-state index contributed by atoms with van der Waals surface area (Å²) in [4.78, 5) is 7.99. The molecular weight excluding hydrogens is 242 g/mol. The third-order valence-corrected chi connectivity index (χ3v) is 3.35. The molecule has 0 radical (unpaired) electrons. The Morgan fingerprint density at radius 3 is 2.88 bits per heavy atom. The van der Waals surface area contributed by atoms with Crippen LogP contribution in [0.1, 0.15) is 5.56 Å². The quantitative estimate of drug-likeness (QED) is 0.518. The highest BCUT2D eigenvalue weighted by atomic mass is 35.5. The Morgan fingerprint density at radius 1 is 1.31 bits per heavy atom. The van der Waals surface area contributed by atoms with E-state index in [0.29, 0.717) is 10.7 Å². The highest BCUT2D eigenvalue weighted by Crippen LogP contribution is 2.26. The summed E-state index contributed by atoms with van der Waals surface area (Å²) in [7, 11) is 0. The number of aromatic nitrogens is 2. The zero-order valence-electron chi connectivity index (χ0n) is 8.43. The molecule has 0 atom stereocenters. The van der Waals surface area contributed by atoms with Crippen LogP contribution >= 0.6 is 23.4 Å². The van der Waals surface area contributed by atoms with Gasteiger partial charge in [-0.2, -0.15) is 0 Å². The Morgan fingerprint density at radius 2 is 2.19 bits per heavy atom. The van der Waals surface area contributed by atoms with E-state index in [0.717, 1.165) is 16.3 Å². The molecule has 0 aliphatic carbocycles. The van der Waals surface area contributed by atoms with E-state index in [4.69, 9.17) is 17.3 Å². The van der Waals surface area contributed by atoms with Crippen LogP contribution in [0.4, 0.5) is 5.69 Å². The largest absolute Gasteiger partial charge is 0.399 e. The fourth-order valence-electron chi connectivity index (χ4n) is 1.20. The van der Waals surface area contributed by atoms with Crippen molar-refractivity contribution in [1.82, 2.24) is 9.97 Å². The van der Waals surface area contributed by atoms with Gasteiger partial charge in [0.15, 0.2) is 0 Å². The van der Waals surface area contributed by atoms with Crippen LogP contribution in [0.3, 0.4) is 0 Å². The fraction of sp³-hybridized carbons (Fsp3) is 0.0909. The number of hydrogen-bond acceptors (Lipinski definition) is 4. The van der Waals surface area contributed by atoms with Gasteiger partial charge in [-0.25, -0.2) is 9.97 Å². The van der Waals surface area contributed by atoms with Crippen LogP contribution in [0.25, 0.3) is 0 Å². The van der Waals surface area contributed by atoms with Gasteiger partial charge in [0.1, 0.15) is 6.33 Å². The highest BCUT2D eigenvalue weighted by Gasteiger charge is 2.02. The van der Waals surface area contributed by atoms with Gasteiger partial charge in [0.2, 0.25) is 0 Å². The maximum absolute atomic E-state index is 6.07. The normalized spacial score (nSPS) is 10.3. The lowest BCUT2D eigenvalue weighted by molar-refractivity contribution is 1.05. The van der Waals surface area contributed by atoms with E-state index in [-0.39, 0.29) is 0 Å². The summed E-state index contributed by atoms with van der Waals surface area (Å²) in [6.45, 7) is 0. The Labute approximate surface area is 103 Å². The predicted octanol–water partition coefficient (Wildman–Crippen LogP) is 3.00. The van der Waals surface area contributed by atoms with Crippen molar-refractivity contribution >= 4 is 29.1 Å².